The fourth-order valence-electron chi connectivity index (χ4n) is 4.23. The standard InChI is InChI=1S/C27H27ClN2O5S/c1-5-9-19-23(26(32)35-6-2)24(17-10-7-8-11-20(17)33-3)30-25(31)22(36-27(30)29-19)15-16-12-13-21(34-4)18(28)14-16/h7-8,10-15,24H,5-6,9H2,1-4H3/b22-15+/t24-/m1/s1. The molecule has 188 valence electrons. The zero-order valence-corrected chi connectivity index (χ0v) is 22.1. The summed E-state index contributed by atoms with van der Waals surface area (Å²) in [6.45, 7) is 3.99. The maximum absolute atomic E-state index is 13.8. The topological polar surface area (TPSA) is 79.1 Å². The Hall–Kier alpha value is -3.36. The van der Waals surface area contributed by atoms with Gasteiger partial charge in [-0.2, -0.15) is 0 Å². The Morgan fingerprint density at radius 2 is 1.89 bits per heavy atom. The molecule has 1 aliphatic heterocycles. The fraction of sp³-hybridized carbons (Fsp3) is 0.296. The van der Waals surface area contributed by atoms with Gasteiger partial charge in [-0.05, 0) is 43.2 Å². The van der Waals surface area contributed by atoms with Crippen LogP contribution in [0.2, 0.25) is 5.02 Å². The minimum absolute atomic E-state index is 0.211. The van der Waals surface area contributed by atoms with Crippen molar-refractivity contribution in [3.8, 4) is 11.5 Å². The van der Waals surface area contributed by atoms with Gasteiger partial charge < -0.3 is 14.2 Å². The number of ether oxygens (including phenoxy) is 3. The van der Waals surface area contributed by atoms with Crippen LogP contribution in [-0.2, 0) is 9.53 Å². The van der Waals surface area contributed by atoms with Crippen LogP contribution in [-0.4, -0.2) is 31.4 Å². The van der Waals surface area contributed by atoms with E-state index in [0.717, 1.165) is 12.0 Å². The van der Waals surface area contributed by atoms with Gasteiger partial charge in [0.25, 0.3) is 5.56 Å². The Morgan fingerprint density at radius 1 is 1.14 bits per heavy atom. The van der Waals surface area contributed by atoms with E-state index >= 15 is 0 Å². The molecule has 0 aliphatic carbocycles. The smallest absolute Gasteiger partial charge is 0.338 e. The second-order valence-corrected chi connectivity index (χ2v) is 9.47. The third-order valence-corrected chi connectivity index (χ3v) is 7.08. The van der Waals surface area contributed by atoms with Crippen LogP contribution in [0.25, 0.3) is 6.08 Å². The van der Waals surface area contributed by atoms with Gasteiger partial charge in [0.1, 0.15) is 17.5 Å². The van der Waals surface area contributed by atoms with Crippen molar-refractivity contribution in [1.29, 1.82) is 0 Å². The van der Waals surface area contributed by atoms with Gasteiger partial charge >= 0.3 is 5.97 Å². The highest BCUT2D eigenvalue weighted by Gasteiger charge is 2.35. The zero-order chi connectivity index (χ0) is 25.8. The lowest BCUT2D eigenvalue weighted by atomic mass is 9.93. The van der Waals surface area contributed by atoms with E-state index in [1.54, 1.807) is 43.9 Å². The van der Waals surface area contributed by atoms with Gasteiger partial charge in [0.05, 0.1) is 41.7 Å². The van der Waals surface area contributed by atoms with Crippen molar-refractivity contribution >= 4 is 35.0 Å². The largest absolute Gasteiger partial charge is 0.496 e. The number of aromatic nitrogens is 1. The van der Waals surface area contributed by atoms with Crippen LogP contribution in [0.4, 0.5) is 0 Å². The van der Waals surface area contributed by atoms with E-state index in [4.69, 9.17) is 30.8 Å². The molecule has 2 aromatic carbocycles. The van der Waals surface area contributed by atoms with Gasteiger partial charge in [0, 0.05) is 5.56 Å². The average molecular weight is 527 g/mol. The number of para-hydroxylation sites is 1. The number of methoxy groups -OCH3 is 2. The number of halogens is 1. The third kappa shape index (κ3) is 4.83. The molecule has 0 saturated carbocycles. The average Bonchev–Trinajstić information content (AvgIpc) is 3.18. The Kier molecular flexibility index (Phi) is 7.96. The summed E-state index contributed by atoms with van der Waals surface area (Å²) < 4.78 is 18.3. The molecule has 0 bridgehead atoms. The number of carbonyl (C=O) groups is 1. The highest BCUT2D eigenvalue weighted by atomic mass is 35.5. The molecule has 0 amide bonds. The van der Waals surface area contributed by atoms with Gasteiger partial charge in [-0.25, -0.2) is 9.79 Å². The van der Waals surface area contributed by atoms with Crippen LogP contribution in [0, 0.1) is 0 Å². The summed E-state index contributed by atoms with van der Waals surface area (Å²) in [4.78, 5) is 32.3. The van der Waals surface area contributed by atoms with Gasteiger partial charge in [-0.15, -0.1) is 0 Å². The van der Waals surface area contributed by atoms with E-state index < -0.39 is 12.0 Å². The molecule has 1 aromatic heterocycles. The van der Waals surface area contributed by atoms with E-state index in [-0.39, 0.29) is 12.2 Å². The molecule has 2 heterocycles. The molecule has 0 fully saturated rings. The molecule has 1 atom stereocenters. The lowest BCUT2D eigenvalue weighted by Crippen LogP contribution is -2.40. The highest BCUT2D eigenvalue weighted by molar-refractivity contribution is 7.07. The van der Waals surface area contributed by atoms with Crippen molar-refractivity contribution in [1.82, 2.24) is 4.57 Å². The van der Waals surface area contributed by atoms with Crippen molar-refractivity contribution in [3.63, 3.8) is 0 Å². The first-order valence-electron chi connectivity index (χ1n) is 11.6. The normalized spacial score (nSPS) is 15.4. The second kappa shape index (κ2) is 11.1. The van der Waals surface area contributed by atoms with Gasteiger partial charge in [0.2, 0.25) is 0 Å². The minimum atomic E-state index is -0.736. The number of esters is 1. The maximum atomic E-state index is 13.8. The number of nitrogens with zero attached hydrogens (tertiary/aromatic N) is 2. The van der Waals surface area contributed by atoms with Crippen LogP contribution in [0.15, 0.2) is 63.5 Å². The molecule has 0 N–H and O–H groups in total. The first kappa shape index (κ1) is 25.7. The fourth-order valence-corrected chi connectivity index (χ4v) is 5.52. The SMILES string of the molecule is CCCC1=C(C(=O)OCC)[C@@H](c2ccccc2OC)n2c(s/c(=C/c3ccc(OC)c(Cl)c3)c2=O)=N1. The van der Waals surface area contributed by atoms with Crippen LogP contribution in [0.5, 0.6) is 11.5 Å². The molecule has 3 aromatic rings. The Morgan fingerprint density at radius 3 is 2.56 bits per heavy atom. The molecular formula is C27H27ClN2O5S. The molecular weight excluding hydrogens is 500 g/mol. The summed E-state index contributed by atoms with van der Waals surface area (Å²) in [7, 11) is 3.11. The molecule has 0 radical (unpaired) electrons. The Balaban J connectivity index is 2.00. The van der Waals surface area contributed by atoms with Crippen molar-refractivity contribution in [2.75, 3.05) is 20.8 Å². The van der Waals surface area contributed by atoms with Crippen molar-refractivity contribution in [3.05, 3.63) is 89.6 Å². The summed E-state index contributed by atoms with van der Waals surface area (Å²) in [5.41, 5.74) is 2.14. The lowest BCUT2D eigenvalue weighted by molar-refractivity contribution is -0.139. The van der Waals surface area contributed by atoms with E-state index in [9.17, 15) is 9.59 Å². The number of hydrogen-bond donors (Lipinski definition) is 0. The molecule has 4 rings (SSSR count). The van der Waals surface area contributed by atoms with Gasteiger partial charge in [0.15, 0.2) is 4.80 Å². The molecule has 1 aliphatic rings. The highest BCUT2D eigenvalue weighted by Crippen LogP contribution is 2.36. The number of rotatable bonds is 8. The van der Waals surface area contributed by atoms with E-state index in [0.29, 0.717) is 49.1 Å². The lowest BCUT2D eigenvalue weighted by Gasteiger charge is -2.26. The predicted octanol–water partition coefficient (Wildman–Crippen LogP) is 4.25. The van der Waals surface area contributed by atoms with Crippen LogP contribution in [0.1, 0.15) is 43.9 Å². The molecule has 7 nitrogen and oxygen atoms in total. The molecule has 9 heteroatoms. The summed E-state index contributed by atoms with van der Waals surface area (Å²) in [6.07, 6.45) is 3.11. The van der Waals surface area contributed by atoms with Crippen molar-refractivity contribution in [2.24, 2.45) is 4.99 Å². The van der Waals surface area contributed by atoms with Crippen LogP contribution < -0.4 is 24.4 Å². The summed E-state index contributed by atoms with van der Waals surface area (Å²) >= 11 is 7.56. The minimum Gasteiger partial charge on any atom is -0.496 e. The molecule has 36 heavy (non-hydrogen) atoms. The molecule has 0 saturated heterocycles. The number of fused-ring (bicyclic) bond motifs is 1. The summed E-state index contributed by atoms with van der Waals surface area (Å²) in [5.74, 6) is 0.630. The number of benzene rings is 2. The first-order chi connectivity index (χ1) is 17.4. The molecule has 0 spiro atoms. The number of thiazole rings is 1. The van der Waals surface area contributed by atoms with E-state index in [1.807, 2.05) is 37.3 Å². The number of carbonyl (C=O) groups excluding carboxylic acids is 1. The Bertz CT molecular complexity index is 1510. The molecule has 0 unspecified atom stereocenters. The van der Waals surface area contributed by atoms with Gasteiger partial charge in [-0.3, -0.25) is 9.36 Å². The Labute approximate surface area is 217 Å². The van der Waals surface area contributed by atoms with Crippen LogP contribution >= 0.6 is 22.9 Å². The van der Waals surface area contributed by atoms with Crippen molar-refractivity contribution in [2.45, 2.75) is 32.7 Å². The first-order valence-corrected chi connectivity index (χ1v) is 12.8. The quantitative estimate of drug-likeness (QED) is 0.410. The monoisotopic (exact) mass is 526 g/mol. The summed E-state index contributed by atoms with van der Waals surface area (Å²) in [5, 5.41) is 0.445. The number of hydrogen-bond acceptors (Lipinski definition) is 7. The summed E-state index contributed by atoms with van der Waals surface area (Å²) in [6, 6.07) is 12.0. The van der Waals surface area contributed by atoms with Crippen molar-refractivity contribution < 1.29 is 19.0 Å². The third-order valence-electron chi connectivity index (χ3n) is 5.80. The second-order valence-electron chi connectivity index (χ2n) is 8.05. The van der Waals surface area contributed by atoms with Gasteiger partial charge in [-0.1, -0.05) is 60.5 Å². The van der Waals surface area contributed by atoms with E-state index in [2.05, 4.69) is 0 Å². The predicted molar refractivity (Wildman–Crippen MR) is 141 cm³/mol. The maximum Gasteiger partial charge on any atom is 0.338 e. The zero-order valence-electron chi connectivity index (χ0n) is 20.5. The number of allylic oxidation sites excluding steroid dienone is 1. The van der Waals surface area contributed by atoms with Crippen LogP contribution in [0.3, 0.4) is 0 Å². The van der Waals surface area contributed by atoms with E-state index in [1.165, 1.54) is 11.3 Å².